The molecule has 1 saturated heterocycles. The second-order valence-corrected chi connectivity index (χ2v) is 5.27. The van der Waals surface area contributed by atoms with Crippen molar-refractivity contribution in [3.8, 4) is 0 Å². The molecule has 1 fully saturated rings. The predicted octanol–water partition coefficient (Wildman–Crippen LogP) is 1.49. The summed E-state index contributed by atoms with van der Waals surface area (Å²) in [5.74, 6) is 1.65. The largest absolute Gasteiger partial charge is 0.353 e. The van der Waals surface area contributed by atoms with E-state index in [0.717, 1.165) is 18.4 Å². The minimum absolute atomic E-state index is 0.0700. The maximum absolute atomic E-state index is 10.9. The van der Waals surface area contributed by atoms with Crippen LogP contribution in [0.25, 0.3) is 0 Å². The molecule has 0 bridgehead atoms. The van der Waals surface area contributed by atoms with E-state index in [1.165, 1.54) is 19.5 Å². The van der Waals surface area contributed by atoms with Crippen molar-refractivity contribution in [3.63, 3.8) is 0 Å². The third-order valence-electron chi connectivity index (χ3n) is 2.93. The van der Waals surface area contributed by atoms with Crippen LogP contribution in [0.15, 0.2) is 0 Å². The highest BCUT2D eigenvalue weighted by Crippen LogP contribution is 2.20. The Bertz CT molecular complexity index is 208. The maximum atomic E-state index is 10.9. The molecule has 1 heterocycles. The number of nitrogens with one attached hydrogen (secondary N) is 1. The third kappa shape index (κ3) is 4.65. The van der Waals surface area contributed by atoms with Gasteiger partial charge in [-0.05, 0) is 25.2 Å². The lowest BCUT2D eigenvalue weighted by Crippen LogP contribution is -2.46. The van der Waals surface area contributed by atoms with E-state index < -0.39 is 0 Å². The zero-order valence-corrected chi connectivity index (χ0v) is 10.4. The fourth-order valence-corrected chi connectivity index (χ4v) is 2.72. The summed E-state index contributed by atoms with van der Waals surface area (Å²) in [6, 6.07) is 0.264. The molecule has 1 N–H and O–H groups in total. The Hall–Kier alpha value is -0.570. The molecule has 3 nitrogen and oxygen atoms in total. The lowest BCUT2D eigenvalue weighted by atomic mass is 9.92. The van der Waals surface area contributed by atoms with Crippen LogP contribution >= 0.6 is 0 Å². The second-order valence-electron chi connectivity index (χ2n) is 5.27. The average molecular weight is 212 g/mol. The molecule has 3 atom stereocenters. The van der Waals surface area contributed by atoms with Gasteiger partial charge in [0.2, 0.25) is 5.91 Å². The number of nitrogens with zero attached hydrogens (tertiary/aromatic N) is 1. The monoisotopic (exact) mass is 212 g/mol. The molecule has 0 radical (unpaired) electrons. The minimum Gasteiger partial charge on any atom is -0.353 e. The van der Waals surface area contributed by atoms with Crippen LogP contribution in [0.2, 0.25) is 0 Å². The van der Waals surface area contributed by atoms with E-state index in [4.69, 9.17) is 0 Å². The lowest BCUT2D eigenvalue weighted by molar-refractivity contribution is -0.119. The Labute approximate surface area is 93.2 Å². The van der Waals surface area contributed by atoms with Crippen molar-refractivity contribution in [3.05, 3.63) is 0 Å². The van der Waals surface area contributed by atoms with Crippen molar-refractivity contribution in [1.29, 1.82) is 0 Å². The summed E-state index contributed by atoms with van der Waals surface area (Å²) in [4.78, 5) is 13.4. The highest BCUT2D eigenvalue weighted by Gasteiger charge is 2.22. The van der Waals surface area contributed by atoms with E-state index in [1.54, 1.807) is 6.92 Å². The van der Waals surface area contributed by atoms with Gasteiger partial charge in [0.1, 0.15) is 0 Å². The topological polar surface area (TPSA) is 32.3 Å². The van der Waals surface area contributed by atoms with Crippen molar-refractivity contribution in [2.24, 2.45) is 11.8 Å². The van der Waals surface area contributed by atoms with Gasteiger partial charge in [0.15, 0.2) is 0 Å². The molecule has 0 saturated carbocycles. The summed E-state index contributed by atoms with van der Waals surface area (Å²) >= 11 is 0. The molecule has 88 valence electrons. The van der Waals surface area contributed by atoms with Crippen LogP contribution in [0.5, 0.6) is 0 Å². The van der Waals surface area contributed by atoms with Gasteiger partial charge in [-0.25, -0.2) is 0 Å². The first-order valence-corrected chi connectivity index (χ1v) is 5.96. The number of piperidine rings is 1. The summed E-state index contributed by atoms with van der Waals surface area (Å²) < 4.78 is 0. The average Bonchev–Trinajstić information content (AvgIpc) is 1.98. The molecule has 15 heavy (non-hydrogen) atoms. The summed E-state index contributed by atoms with van der Waals surface area (Å²) in [5.41, 5.74) is 0. The Morgan fingerprint density at radius 2 is 1.93 bits per heavy atom. The van der Waals surface area contributed by atoms with Gasteiger partial charge in [-0.1, -0.05) is 13.8 Å². The van der Waals surface area contributed by atoms with Crippen LogP contribution in [0.4, 0.5) is 0 Å². The molecule has 0 aliphatic carbocycles. The molecule has 1 amide bonds. The zero-order chi connectivity index (χ0) is 11.4. The predicted molar refractivity (Wildman–Crippen MR) is 62.7 cm³/mol. The van der Waals surface area contributed by atoms with Gasteiger partial charge >= 0.3 is 0 Å². The van der Waals surface area contributed by atoms with E-state index >= 15 is 0 Å². The van der Waals surface area contributed by atoms with Crippen LogP contribution < -0.4 is 5.32 Å². The van der Waals surface area contributed by atoms with Gasteiger partial charge in [-0.2, -0.15) is 0 Å². The maximum Gasteiger partial charge on any atom is 0.217 e. The minimum atomic E-state index is 0.0700. The molecule has 3 unspecified atom stereocenters. The normalized spacial score (nSPS) is 29.9. The van der Waals surface area contributed by atoms with Crippen LogP contribution in [0, 0.1) is 11.8 Å². The molecule has 1 rings (SSSR count). The Morgan fingerprint density at radius 3 is 2.40 bits per heavy atom. The number of hydrogen-bond donors (Lipinski definition) is 1. The third-order valence-corrected chi connectivity index (χ3v) is 2.93. The molecule has 0 aromatic rings. The second kappa shape index (κ2) is 5.50. The van der Waals surface area contributed by atoms with E-state index in [-0.39, 0.29) is 11.9 Å². The fourth-order valence-electron chi connectivity index (χ4n) is 2.72. The molecule has 3 heteroatoms. The Morgan fingerprint density at radius 1 is 1.40 bits per heavy atom. The van der Waals surface area contributed by atoms with Crippen molar-refractivity contribution in [2.75, 3.05) is 19.6 Å². The van der Waals surface area contributed by atoms with Gasteiger partial charge in [0.05, 0.1) is 0 Å². The smallest absolute Gasteiger partial charge is 0.217 e. The van der Waals surface area contributed by atoms with Gasteiger partial charge < -0.3 is 10.2 Å². The van der Waals surface area contributed by atoms with E-state index in [0.29, 0.717) is 0 Å². The van der Waals surface area contributed by atoms with Crippen molar-refractivity contribution in [1.82, 2.24) is 10.2 Å². The van der Waals surface area contributed by atoms with Gasteiger partial charge in [-0.3, -0.25) is 4.79 Å². The number of likely N-dealkylation sites (tertiary alicyclic amines) is 1. The molecule has 0 aromatic heterocycles. The molecule has 0 aromatic carbocycles. The van der Waals surface area contributed by atoms with Crippen LogP contribution in [-0.2, 0) is 4.79 Å². The Balaban J connectivity index is 2.33. The Kier molecular flexibility index (Phi) is 4.58. The van der Waals surface area contributed by atoms with Gasteiger partial charge in [-0.15, -0.1) is 0 Å². The lowest BCUT2D eigenvalue weighted by Gasteiger charge is -2.36. The summed E-state index contributed by atoms with van der Waals surface area (Å²) in [7, 11) is 0. The fraction of sp³-hybridized carbons (Fsp3) is 0.917. The number of carbonyl (C=O) groups excluding carboxylic acids is 1. The van der Waals surface area contributed by atoms with E-state index in [2.05, 4.69) is 31.0 Å². The number of rotatable bonds is 3. The summed E-state index contributed by atoms with van der Waals surface area (Å²) in [5, 5.41) is 2.94. The standard InChI is InChI=1S/C12H24N2O/c1-9-5-10(2)7-14(6-9)8-11(3)13-12(4)15/h9-11H,5-8H2,1-4H3,(H,13,15). The first kappa shape index (κ1) is 12.5. The molecular weight excluding hydrogens is 188 g/mol. The van der Waals surface area contributed by atoms with Gasteiger partial charge in [0.25, 0.3) is 0 Å². The molecule has 1 aliphatic heterocycles. The molecule has 1 aliphatic rings. The highest BCUT2D eigenvalue weighted by molar-refractivity contribution is 5.73. The SMILES string of the molecule is CC(=O)NC(C)CN1CC(C)CC(C)C1. The van der Waals surface area contributed by atoms with E-state index in [1.807, 2.05) is 0 Å². The quantitative estimate of drug-likeness (QED) is 0.768. The number of hydrogen-bond acceptors (Lipinski definition) is 2. The van der Waals surface area contributed by atoms with E-state index in [9.17, 15) is 4.79 Å². The zero-order valence-electron chi connectivity index (χ0n) is 10.4. The van der Waals surface area contributed by atoms with Gasteiger partial charge in [0, 0.05) is 32.6 Å². The van der Waals surface area contributed by atoms with Crippen LogP contribution in [0.1, 0.15) is 34.1 Å². The van der Waals surface area contributed by atoms with Crippen LogP contribution in [0.3, 0.4) is 0 Å². The van der Waals surface area contributed by atoms with Crippen LogP contribution in [-0.4, -0.2) is 36.5 Å². The first-order chi connectivity index (χ1) is 6.97. The molecule has 0 spiro atoms. The number of amides is 1. The summed E-state index contributed by atoms with van der Waals surface area (Å²) in [6.07, 6.45) is 1.34. The number of carbonyl (C=O) groups is 1. The first-order valence-electron chi connectivity index (χ1n) is 5.96. The van der Waals surface area contributed by atoms with Crippen molar-refractivity contribution in [2.45, 2.75) is 40.2 Å². The molecular formula is C12H24N2O. The van der Waals surface area contributed by atoms with Crippen molar-refractivity contribution >= 4 is 5.91 Å². The highest BCUT2D eigenvalue weighted by atomic mass is 16.1. The summed E-state index contributed by atoms with van der Waals surface area (Å²) in [6.45, 7) is 11.6. The van der Waals surface area contributed by atoms with Crippen molar-refractivity contribution < 1.29 is 4.79 Å².